The average Bonchev–Trinajstić information content (AvgIpc) is 2.63. The van der Waals surface area contributed by atoms with Gasteiger partial charge < -0.3 is 10.1 Å². The van der Waals surface area contributed by atoms with Crippen LogP contribution in [0.5, 0.6) is 5.75 Å². The van der Waals surface area contributed by atoms with Crippen molar-refractivity contribution < 1.29 is 17.9 Å². The van der Waals surface area contributed by atoms with Gasteiger partial charge in [-0.25, -0.2) is 8.42 Å². The van der Waals surface area contributed by atoms with Gasteiger partial charge in [0, 0.05) is 29.4 Å². The zero-order valence-corrected chi connectivity index (χ0v) is 17.1. The molecule has 0 unspecified atom stereocenters. The van der Waals surface area contributed by atoms with Gasteiger partial charge in [0.2, 0.25) is 10.0 Å². The molecule has 0 spiro atoms. The Labute approximate surface area is 165 Å². The third kappa shape index (κ3) is 5.00. The van der Waals surface area contributed by atoms with Gasteiger partial charge in [-0.15, -0.1) is 0 Å². The maximum absolute atomic E-state index is 13.0. The van der Waals surface area contributed by atoms with Gasteiger partial charge in [-0.2, -0.15) is 4.31 Å². The SMILES string of the molecule is CCOc1ccc(NC(=O)c2cccc(Cl)c2)cc1S(=O)(=O)N(CC)CC. The molecule has 0 heterocycles. The first-order chi connectivity index (χ1) is 12.8. The van der Waals surface area contributed by atoms with Gasteiger partial charge in [0.05, 0.1) is 6.61 Å². The molecule has 0 saturated heterocycles. The number of hydrogen-bond acceptors (Lipinski definition) is 4. The van der Waals surface area contributed by atoms with Crippen LogP contribution in [0, 0.1) is 0 Å². The Morgan fingerprint density at radius 3 is 2.41 bits per heavy atom. The molecule has 0 radical (unpaired) electrons. The van der Waals surface area contributed by atoms with Gasteiger partial charge in [-0.1, -0.05) is 31.5 Å². The van der Waals surface area contributed by atoms with Crippen molar-refractivity contribution in [1.82, 2.24) is 4.31 Å². The van der Waals surface area contributed by atoms with E-state index in [2.05, 4.69) is 5.32 Å². The smallest absolute Gasteiger partial charge is 0.255 e. The highest BCUT2D eigenvalue weighted by Crippen LogP contribution is 2.30. The summed E-state index contributed by atoms with van der Waals surface area (Å²) in [7, 11) is -3.75. The number of sulfonamides is 1. The molecule has 2 aromatic carbocycles. The van der Waals surface area contributed by atoms with Crippen molar-refractivity contribution in [3.05, 3.63) is 53.1 Å². The van der Waals surface area contributed by atoms with E-state index in [-0.39, 0.29) is 16.6 Å². The van der Waals surface area contributed by atoms with Crippen LogP contribution in [0.2, 0.25) is 5.02 Å². The Hall–Kier alpha value is -2.09. The lowest BCUT2D eigenvalue weighted by molar-refractivity contribution is 0.102. The Kier molecular flexibility index (Phi) is 7.24. The molecule has 0 atom stereocenters. The molecule has 0 aliphatic rings. The Morgan fingerprint density at radius 2 is 1.81 bits per heavy atom. The van der Waals surface area contributed by atoms with Crippen molar-refractivity contribution in [1.29, 1.82) is 0 Å². The lowest BCUT2D eigenvalue weighted by Crippen LogP contribution is -2.31. The van der Waals surface area contributed by atoms with E-state index < -0.39 is 10.0 Å². The van der Waals surface area contributed by atoms with Crippen LogP contribution >= 0.6 is 11.6 Å². The molecule has 8 heteroatoms. The molecule has 2 aromatic rings. The van der Waals surface area contributed by atoms with Crippen LogP contribution in [-0.4, -0.2) is 38.3 Å². The number of hydrogen-bond donors (Lipinski definition) is 1. The standard InChI is InChI=1S/C19H23ClN2O4S/c1-4-22(5-2)27(24,25)18-13-16(10-11-17(18)26-6-3)21-19(23)14-8-7-9-15(20)12-14/h7-13H,4-6H2,1-3H3,(H,21,23). The van der Waals surface area contributed by atoms with E-state index in [9.17, 15) is 13.2 Å². The van der Waals surface area contributed by atoms with Gasteiger partial charge in [0.1, 0.15) is 10.6 Å². The molecular formula is C19H23ClN2O4S. The van der Waals surface area contributed by atoms with Crippen LogP contribution in [-0.2, 0) is 10.0 Å². The lowest BCUT2D eigenvalue weighted by atomic mass is 10.2. The first-order valence-corrected chi connectivity index (χ1v) is 10.5. The monoisotopic (exact) mass is 410 g/mol. The van der Waals surface area contributed by atoms with Crippen LogP contribution in [0.1, 0.15) is 31.1 Å². The van der Waals surface area contributed by atoms with Crippen molar-refractivity contribution in [2.24, 2.45) is 0 Å². The quantitative estimate of drug-likeness (QED) is 0.713. The number of carbonyl (C=O) groups excluding carboxylic acids is 1. The maximum atomic E-state index is 13.0. The molecule has 6 nitrogen and oxygen atoms in total. The third-order valence-corrected chi connectivity index (χ3v) is 6.22. The second kappa shape index (κ2) is 9.21. The lowest BCUT2D eigenvalue weighted by Gasteiger charge is -2.21. The molecule has 0 aromatic heterocycles. The topological polar surface area (TPSA) is 75.7 Å². The third-order valence-electron chi connectivity index (χ3n) is 3.91. The Bertz CT molecular complexity index is 912. The van der Waals surface area contributed by atoms with E-state index in [1.165, 1.54) is 10.4 Å². The first kappa shape index (κ1) is 21.2. The second-order valence-electron chi connectivity index (χ2n) is 5.65. The summed E-state index contributed by atoms with van der Waals surface area (Å²) < 4.78 is 32.7. The minimum Gasteiger partial charge on any atom is -0.492 e. The van der Waals surface area contributed by atoms with E-state index in [0.717, 1.165) is 0 Å². The highest BCUT2D eigenvalue weighted by atomic mass is 35.5. The number of benzene rings is 2. The van der Waals surface area contributed by atoms with Crippen molar-refractivity contribution in [3.63, 3.8) is 0 Å². The highest BCUT2D eigenvalue weighted by Gasteiger charge is 2.26. The molecule has 2 rings (SSSR count). The largest absolute Gasteiger partial charge is 0.492 e. The summed E-state index contributed by atoms with van der Waals surface area (Å²) in [5.74, 6) is -0.127. The predicted octanol–water partition coefficient (Wildman–Crippen LogP) is 4.02. The van der Waals surface area contributed by atoms with Crippen LogP contribution in [0.4, 0.5) is 5.69 Å². The van der Waals surface area contributed by atoms with Crippen LogP contribution < -0.4 is 10.1 Å². The fourth-order valence-corrected chi connectivity index (χ4v) is 4.40. The molecule has 0 saturated carbocycles. The maximum Gasteiger partial charge on any atom is 0.255 e. The number of halogens is 1. The van der Waals surface area contributed by atoms with Crippen LogP contribution in [0.25, 0.3) is 0 Å². The first-order valence-electron chi connectivity index (χ1n) is 8.67. The van der Waals surface area contributed by atoms with Crippen LogP contribution in [0.3, 0.4) is 0 Å². The van der Waals surface area contributed by atoms with E-state index in [1.54, 1.807) is 57.2 Å². The van der Waals surface area contributed by atoms with Crippen molar-refractivity contribution in [2.45, 2.75) is 25.7 Å². The summed E-state index contributed by atoms with van der Waals surface area (Å²) in [6.45, 7) is 6.32. The van der Waals surface area contributed by atoms with Crippen molar-refractivity contribution >= 4 is 33.2 Å². The van der Waals surface area contributed by atoms with Gasteiger partial charge in [-0.05, 0) is 43.3 Å². The summed E-state index contributed by atoms with van der Waals surface area (Å²) in [5, 5.41) is 3.15. The second-order valence-corrected chi connectivity index (χ2v) is 7.99. The molecule has 1 amide bonds. The summed E-state index contributed by atoms with van der Waals surface area (Å²) in [4.78, 5) is 12.4. The number of rotatable bonds is 8. The van der Waals surface area contributed by atoms with E-state index >= 15 is 0 Å². The Morgan fingerprint density at radius 1 is 1.11 bits per heavy atom. The van der Waals surface area contributed by atoms with Gasteiger partial charge >= 0.3 is 0 Å². The summed E-state index contributed by atoms with van der Waals surface area (Å²) >= 11 is 5.92. The normalized spacial score (nSPS) is 11.4. The van der Waals surface area contributed by atoms with Crippen LogP contribution in [0.15, 0.2) is 47.4 Å². The Balaban J connectivity index is 2.41. The zero-order valence-electron chi connectivity index (χ0n) is 15.5. The summed E-state index contributed by atoms with van der Waals surface area (Å²) in [5.41, 5.74) is 0.735. The summed E-state index contributed by atoms with van der Waals surface area (Å²) in [6.07, 6.45) is 0. The van der Waals surface area contributed by atoms with Gasteiger partial charge in [-0.3, -0.25) is 4.79 Å². The predicted molar refractivity (Wildman–Crippen MR) is 107 cm³/mol. The number of carbonyl (C=O) groups is 1. The average molecular weight is 411 g/mol. The summed E-state index contributed by atoms with van der Waals surface area (Å²) in [6, 6.07) is 11.1. The molecule has 146 valence electrons. The molecule has 27 heavy (non-hydrogen) atoms. The number of amides is 1. The van der Waals surface area contributed by atoms with E-state index in [0.29, 0.717) is 36.0 Å². The molecule has 0 bridgehead atoms. The molecule has 0 aliphatic heterocycles. The molecule has 1 N–H and O–H groups in total. The minimum atomic E-state index is -3.75. The van der Waals surface area contributed by atoms with Crippen molar-refractivity contribution in [2.75, 3.05) is 25.0 Å². The molecule has 0 aliphatic carbocycles. The van der Waals surface area contributed by atoms with Gasteiger partial charge in [0.25, 0.3) is 5.91 Å². The number of ether oxygens (including phenoxy) is 1. The number of nitrogens with zero attached hydrogens (tertiary/aromatic N) is 1. The molecule has 0 fully saturated rings. The zero-order chi connectivity index (χ0) is 20.0. The van der Waals surface area contributed by atoms with Gasteiger partial charge in [0.15, 0.2) is 0 Å². The highest BCUT2D eigenvalue weighted by molar-refractivity contribution is 7.89. The van der Waals surface area contributed by atoms with E-state index in [4.69, 9.17) is 16.3 Å². The minimum absolute atomic E-state index is 0.0249. The van der Waals surface area contributed by atoms with E-state index in [1.807, 2.05) is 0 Å². The number of anilines is 1. The fraction of sp³-hybridized carbons (Fsp3) is 0.316. The van der Waals surface area contributed by atoms with Crippen molar-refractivity contribution in [3.8, 4) is 5.75 Å². The fourth-order valence-electron chi connectivity index (χ4n) is 2.60. The molecular weight excluding hydrogens is 388 g/mol. The number of nitrogens with one attached hydrogen (secondary N) is 1.